The summed E-state index contributed by atoms with van der Waals surface area (Å²) in [5.74, 6) is -0.170. The number of piperidine rings is 1. The number of rotatable bonds is 2. The molecule has 1 unspecified atom stereocenters. The van der Waals surface area contributed by atoms with Gasteiger partial charge in [0, 0.05) is 19.6 Å². The summed E-state index contributed by atoms with van der Waals surface area (Å²) in [5.41, 5.74) is 0.803. The molecule has 0 bridgehead atoms. The largest absolute Gasteiger partial charge is 0.465 e. The summed E-state index contributed by atoms with van der Waals surface area (Å²) < 4.78 is 18.4. The highest BCUT2D eigenvalue weighted by Gasteiger charge is 2.36. The van der Waals surface area contributed by atoms with Gasteiger partial charge in [-0.3, -0.25) is 0 Å². The Morgan fingerprint density at radius 2 is 2.05 bits per heavy atom. The zero-order valence-corrected chi connectivity index (χ0v) is 11.0. The summed E-state index contributed by atoms with van der Waals surface area (Å²) in [6, 6.07) is 5.71. The number of likely N-dealkylation sites (tertiary alicyclic amines) is 1. The molecule has 5 heteroatoms. The van der Waals surface area contributed by atoms with Crippen LogP contribution in [-0.4, -0.2) is 35.9 Å². The van der Waals surface area contributed by atoms with Gasteiger partial charge in [0.05, 0.1) is 12.1 Å². The van der Waals surface area contributed by atoms with Crippen LogP contribution in [0.5, 0.6) is 0 Å². The van der Waals surface area contributed by atoms with Crippen LogP contribution in [0.4, 0.5) is 9.18 Å². The van der Waals surface area contributed by atoms with Gasteiger partial charge in [0.2, 0.25) is 0 Å². The molecule has 0 aromatic heterocycles. The molecule has 4 nitrogen and oxygen atoms in total. The van der Waals surface area contributed by atoms with Crippen LogP contribution in [0.3, 0.4) is 0 Å². The second-order valence-corrected chi connectivity index (χ2v) is 4.99. The lowest BCUT2D eigenvalue weighted by Crippen LogP contribution is -2.47. The quantitative estimate of drug-likeness (QED) is 0.896. The first-order chi connectivity index (χ1) is 9.02. The predicted octanol–water partition coefficient (Wildman–Crippen LogP) is 2.90. The summed E-state index contributed by atoms with van der Waals surface area (Å²) in [4.78, 5) is 12.8. The van der Waals surface area contributed by atoms with E-state index in [1.165, 1.54) is 17.0 Å². The van der Waals surface area contributed by atoms with E-state index in [0.717, 1.165) is 5.56 Å². The van der Waals surface area contributed by atoms with Crippen molar-refractivity contribution in [1.82, 2.24) is 4.90 Å². The first-order valence-corrected chi connectivity index (χ1v) is 6.30. The molecule has 0 aliphatic carbocycles. The van der Waals surface area contributed by atoms with Crippen LogP contribution in [0.25, 0.3) is 0 Å². The number of amides is 1. The third-order valence-corrected chi connectivity index (χ3v) is 3.75. The van der Waals surface area contributed by atoms with Gasteiger partial charge in [-0.25, -0.2) is 9.18 Å². The average Bonchev–Trinajstić information content (AvgIpc) is 2.39. The van der Waals surface area contributed by atoms with Crippen molar-refractivity contribution in [3.8, 4) is 0 Å². The molecule has 1 aliphatic rings. The van der Waals surface area contributed by atoms with Crippen molar-refractivity contribution < 1.29 is 19.0 Å². The van der Waals surface area contributed by atoms with Crippen LogP contribution < -0.4 is 0 Å². The van der Waals surface area contributed by atoms with Crippen molar-refractivity contribution in [2.45, 2.75) is 25.5 Å². The third kappa shape index (κ3) is 2.87. The van der Waals surface area contributed by atoms with E-state index in [1.54, 1.807) is 19.2 Å². The van der Waals surface area contributed by atoms with Gasteiger partial charge >= 0.3 is 6.09 Å². The van der Waals surface area contributed by atoms with Gasteiger partial charge in [-0.15, -0.1) is 0 Å². The first-order valence-electron chi connectivity index (χ1n) is 6.30. The molecule has 1 N–H and O–H groups in total. The molecule has 2 rings (SSSR count). The van der Waals surface area contributed by atoms with Crippen LogP contribution in [0, 0.1) is 11.7 Å². The number of hydrogen-bond acceptors (Lipinski definition) is 2. The summed E-state index contributed by atoms with van der Waals surface area (Å²) in [5, 5.41) is 9.31. The van der Waals surface area contributed by atoms with Gasteiger partial charge in [-0.05, 0) is 24.1 Å². The highest BCUT2D eigenvalue weighted by molar-refractivity contribution is 5.66. The fourth-order valence-corrected chi connectivity index (χ4v) is 2.68. The number of methoxy groups -OCH3 is 1. The van der Waals surface area contributed by atoms with E-state index in [2.05, 4.69) is 0 Å². The first kappa shape index (κ1) is 13.8. The lowest BCUT2D eigenvalue weighted by atomic mass is 9.87. The van der Waals surface area contributed by atoms with E-state index >= 15 is 0 Å². The Morgan fingerprint density at radius 1 is 1.42 bits per heavy atom. The summed E-state index contributed by atoms with van der Waals surface area (Å²) in [7, 11) is 1.64. The molecule has 1 aliphatic heterocycles. The molecule has 3 atom stereocenters. The molecule has 1 aromatic carbocycles. The maximum atomic E-state index is 13.0. The molecule has 0 radical (unpaired) electrons. The minimum atomic E-state index is -0.948. The van der Waals surface area contributed by atoms with Gasteiger partial charge in [-0.1, -0.05) is 19.1 Å². The van der Waals surface area contributed by atoms with E-state index in [9.17, 15) is 14.3 Å². The lowest BCUT2D eigenvalue weighted by molar-refractivity contribution is -0.0209. The van der Waals surface area contributed by atoms with Gasteiger partial charge in [-0.2, -0.15) is 0 Å². The van der Waals surface area contributed by atoms with E-state index in [-0.39, 0.29) is 23.9 Å². The molecule has 0 spiro atoms. The van der Waals surface area contributed by atoms with Crippen molar-refractivity contribution in [1.29, 1.82) is 0 Å². The summed E-state index contributed by atoms with van der Waals surface area (Å²) >= 11 is 0. The second-order valence-electron chi connectivity index (χ2n) is 4.99. The van der Waals surface area contributed by atoms with Crippen LogP contribution in [0.15, 0.2) is 24.3 Å². The van der Waals surface area contributed by atoms with E-state index in [1.807, 2.05) is 6.92 Å². The van der Waals surface area contributed by atoms with E-state index < -0.39 is 6.09 Å². The monoisotopic (exact) mass is 267 g/mol. The number of halogens is 1. The van der Waals surface area contributed by atoms with Gasteiger partial charge in [0.1, 0.15) is 5.82 Å². The molecular weight excluding hydrogens is 249 g/mol. The zero-order valence-electron chi connectivity index (χ0n) is 11.0. The van der Waals surface area contributed by atoms with Gasteiger partial charge < -0.3 is 14.7 Å². The number of carboxylic acid groups (broad SMARTS) is 1. The third-order valence-electron chi connectivity index (χ3n) is 3.75. The van der Waals surface area contributed by atoms with Crippen molar-refractivity contribution in [3.05, 3.63) is 35.6 Å². The maximum Gasteiger partial charge on any atom is 0.407 e. The maximum absolute atomic E-state index is 13.0. The standard InChI is InChI=1S/C14H18FNO3/c1-9-8-16(14(17)18)12(7-13(9)19-2)10-3-5-11(15)6-4-10/h3-6,9,12-13H,7-8H2,1-2H3,(H,17,18)/t9-,12-,13?/m1/s1. The molecule has 104 valence electrons. The van der Waals surface area contributed by atoms with Gasteiger partial charge in [0.15, 0.2) is 0 Å². The average molecular weight is 267 g/mol. The fourth-order valence-electron chi connectivity index (χ4n) is 2.68. The van der Waals surface area contributed by atoms with Crippen LogP contribution in [0.1, 0.15) is 24.9 Å². The van der Waals surface area contributed by atoms with Crippen molar-refractivity contribution in [2.75, 3.05) is 13.7 Å². The Morgan fingerprint density at radius 3 is 2.58 bits per heavy atom. The molecule has 1 aromatic rings. The minimum Gasteiger partial charge on any atom is -0.465 e. The molecule has 1 amide bonds. The number of nitrogens with zero attached hydrogens (tertiary/aromatic N) is 1. The van der Waals surface area contributed by atoms with E-state index in [4.69, 9.17) is 4.74 Å². The number of benzene rings is 1. The normalized spacial score (nSPS) is 27.3. The van der Waals surface area contributed by atoms with Crippen molar-refractivity contribution in [3.63, 3.8) is 0 Å². The zero-order chi connectivity index (χ0) is 14.0. The van der Waals surface area contributed by atoms with E-state index in [0.29, 0.717) is 13.0 Å². The summed E-state index contributed by atoms with van der Waals surface area (Å²) in [6.45, 7) is 2.40. The minimum absolute atomic E-state index is 0.0191. The fraction of sp³-hybridized carbons (Fsp3) is 0.500. The summed E-state index contributed by atoms with van der Waals surface area (Å²) in [6.07, 6.45) is -0.336. The molecule has 0 saturated carbocycles. The van der Waals surface area contributed by atoms with Gasteiger partial charge in [0.25, 0.3) is 0 Å². The smallest absolute Gasteiger partial charge is 0.407 e. The van der Waals surface area contributed by atoms with Crippen LogP contribution in [-0.2, 0) is 4.74 Å². The molecule has 1 heterocycles. The molecular formula is C14H18FNO3. The highest BCUT2D eigenvalue weighted by atomic mass is 19.1. The second kappa shape index (κ2) is 5.57. The van der Waals surface area contributed by atoms with Crippen molar-refractivity contribution in [2.24, 2.45) is 5.92 Å². The molecule has 1 fully saturated rings. The Bertz CT molecular complexity index is 449. The molecule has 1 saturated heterocycles. The van der Waals surface area contributed by atoms with Crippen LogP contribution in [0.2, 0.25) is 0 Å². The Kier molecular flexibility index (Phi) is 4.04. The topological polar surface area (TPSA) is 49.8 Å². The number of ether oxygens (including phenoxy) is 1. The lowest BCUT2D eigenvalue weighted by Gasteiger charge is -2.41. The number of carbonyl (C=O) groups is 1. The highest BCUT2D eigenvalue weighted by Crippen LogP contribution is 2.34. The Hall–Kier alpha value is -1.62. The Balaban J connectivity index is 2.27. The predicted molar refractivity (Wildman–Crippen MR) is 68.4 cm³/mol. The van der Waals surface area contributed by atoms with Crippen LogP contribution >= 0.6 is 0 Å². The number of hydrogen-bond donors (Lipinski definition) is 1. The Labute approximate surface area is 111 Å². The SMILES string of the molecule is COC1C[C@H](c2ccc(F)cc2)N(C(=O)O)C[C@H]1C. The molecule has 19 heavy (non-hydrogen) atoms. The van der Waals surface area contributed by atoms with Crippen molar-refractivity contribution >= 4 is 6.09 Å².